The number of carbonyl (C=O) groups excluding carboxylic acids is 2. The van der Waals surface area contributed by atoms with Crippen molar-refractivity contribution in [3.05, 3.63) is 65.7 Å². The predicted octanol–water partition coefficient (Wildman–Crippen LogP) is 3.68. The second-order valence-corrected chi connectivity index (χ2v) is 7.15. The number of nitrogens with zero attached hydrogens (tertiary/aromatic N) is 1. The highest BCUT2D eigenvalue weighted by molar-refractivity contribution is 5.98. The molecule has 0 aliphatic carbocycles. The second kappa shape index (κ2) is 8.46. The van der Waals surface area contributed by atoms with Crippen molar-refractivity contribution in [1.82, 2.24) is 4.90 Å². The number of benzene rings is 2. The largest absolute Gasteiger partial charge is 0.373 e. The van der Waals surface area contributed by atoms with Crippen LogP contribution in [0.1, 0.15) is 42.7 Å². The number of Topliss-reactive ketones (excluding diaryl/α,β-unsaturated/α-hetero) is 1. The molecule has 5 nitrogen and oxygen atoms in total. The van der Waals surface area contributed by atoms with E-state index in [1.807, 2.05) is 44.2 Å². The van der Waals surface area contributed by atoms with Gasteiger partial charge in [-0.3, -0.25) is 14.5 Å². The summed E-state index contributed by atoms with van der Waals surface area (Å²) >= 11 is 0. The average Bonchev–Trinajstić information content (AvgIpc) is 2.62. The molecule has 1 heterocycles. The first kappa shape index (κ1) is 19.3. The molecule has 2 aromatic rings. The Morgan fingerprint density at radius 2 is 1.70 bits per heavy atom. The summed E-state index contributed by atoms with van der Waals surface area (Å²) in [5.41, 5.74) is 2.15. The Kier molecular flexibility index (Phi) is 6.04. The van der Waals surface area contributed by atoms with Gasteiger partial charge < -0.3 is 10.1 Å². The van der Waals surface area contributed by atoms with E-state index in [1.165, 1.54) is 6.92 Å². The second-order valence-electron chi connectivity index (χ2n) is 7.15. The van der Waals surface area contributed by atoms with E-state index in [0.717, 1.165) is 5.56 Å². The molecule has 1 amide bonds. The molecule has 1 aliphatic heterocycles. The Bertz CT molecular complexity index is 796. The van der Waals surface area contributed by atoms with Crippen LogP contribution in [0.2, 0.25) is 0 Å². The lowest BCUT2D eigenvalue weighted by molar-refractivity contribution is -0.128. The van der Waals surface area contributed by atoms with Gasteiger partial charge in [-0.05, 0) is 38.5 Å². The molecule has 3 rings (SSSR count). The van der Waals surface area contributed by atoms with Crippen molar-refractivity contribution in [2.45, 2.75) is 39.0 Å². The Morgan fingerprint density at radius 1 is 1.04 bits per heavy atom. The molecule has 1 saturated heterocycles. The molecule has 1 aliphatic rings. The Morgan fingerprint density at radius 3 is 2.33 bits per heavy atom. The molecule has 0 aromatic heterocycles. The summed E-state index contributed by atoms with van der Waals surface area (Å²) < 4.78 is 5.83. The minimum atomic E-state index is -0.416. The monoisotopic (exact) mass is 366 g/mol. The summed E-state index contributed by atoms with van der Waals surface area (Å²) in [4.78, 5) is 27.0. The summed E-state index contributed by atoms with van der Waals surface area (Å²) in [6.07, 6.45) is 0.127. The molecular formula is C22H26N2O3. The fourth-order valence-corrected chi connectivity index (χ4v) is 3.62. The number of amides is 1. The number of ketones is 1. The van der Waals surface area contributed by atoms with E-state index in [2.05, 4.69) is 10.2 Å². The van der Waals surface area contributed by atoms with Crippen LogP contribution in [0, 0.1) is 0 Å². The highest BCUT2D eigenvalue weighted by atomic mass is 16.5. The van der Waals surface area contributed by atoms with Crippen LogP contribution in [-0.2, 0) is 9.53 Å². The summed E-state index contributed by atoms with van der Waals surface area (Å²) in [5.74, 6) is -0.135. The SMILES string of the molecule is CC(=O)c1cccc(NC(=O)[C@@H](c2ccccc2)N2C[C@@H](C)O[C@@H](C)C2)c1. The summed E-state index contributed by atoms with van der Waals surface area (Å²) in [7, 11) is 0. The number of nitrogens with one attached hydrogen (secondary N) is 1. The van der Waals surface area contributed by atoms with E-state index < -0.39 is 6.04 Å². The molecule has 0 saturated carbocycles. The van der Waals surface area contributed by atoms with Crippen LogP contribution in [0.3, 0.4) is 0 Å². The average molecular weight is 366 g/mol. The maximum Gasteiger partial charge on any atom is 0.246 e. The number of ether oxygens (including phenoxy) is 1. The van der Waals surface area contributed by atoms with E-state index in [4.69, 9.17) is 4.74 Å². The smallest absolute Gasteiger partial charge is 0.246 e. The van der Waals surface area contributed by atoms with Gasteiger partial charge in [-0.15, -0.1) is 0 Å². The number of hydrogen-bond donors (Lipinski definition) is 1. The van der Waals surface area contributed by atoms with Crippen molar-refractivity contribution in [2.75, 3.05) is 18.4 Å². The predicted molar refractivity (Wildman–Crippen MR) is 106 cm³/mol. The Hall–Kier alpha value is -2.50. The van der Waals surface area contributed by atoms with Crippen molar-refractivity contribution in [1.29, 1.82) is 0 Å². The van der Waals surface area contributed by atoms with Gasteiger partial charge in [0, 0.05) is 24.3 Å². The van der Waals surface area contributed by atoms with Gasteiger partial charge in [-0.1, -0.05) is 42.5 Å². The zero-order valence-electron chi connectivity index (χ0n) is 16.0. The standard InChI is InChI=1S/C22H26N2O3/c1-15-13-24(14-16(2)27-15)21(18-8-5-4-6-9-18)22(26)23-20-11-7-10-19(12-20)17(3)25/h4-12,15-16,21H,13-14H2,1-3H3,(H,23,26)/t15-,16+,21-/m1/s1. The molecule has 0 spiro atoms. The normalized spacial score (nSPS) is 21.4. The number of rotatable bonds is 5. The highest BCUT2D eigenvalue weighted by Gasteiger charge is 2.33. The van der Waals surface area contributed by atoms with Gasteiger partial charge in [-0.2, -0.15) is 0 Å². The molecule has 0 radical (unpaired) electrons. The van der Waals surface area contributed by atoms with Gasteiger partial charge in [0.1, 0.15) is 6.04 Å². The van der Waals surface area contributed by atoms with Crippen molar-refractivity contribution in [2.24, 2.45) is 0 Å². The molecule has 0 bridgehead atoms. The molecule has 5 heteroatoms. The Labute approximate surface area is 160 Å². The third-order valence-electron chi connectivity index (χ3n) is 4.71. The topological polar surface area (TPSA) is 58.6 Å². The lowest BCUT2D eigenvalue weighted by Gasteiger charge is -2.39. The molecule has 1 fully saturated rings. The molecule has 27 heavy (non-hydrogen) atoms. The molecule has 3 atom stereocenters. The van der Waals surface area contributed by atoms with Crippen LogP contribution in [0.4, 0.5) is 5.69 Å². The minimum absolute atomic E-state index is 0.0264. The van der Waals surface area contributed by atoms with E-state index in [-0.39, 0.29) is 23.9 Å². The molecule has 0 unspecified atom stereocenters. The highest BCUT2D eigenvalue weighted by Crippen LogP contribution is 2.27. The van der Waals surface area contributed by atoms with Crippen molar-refractivity contribution >= 4 is 17.4 Å². The van der Waals surface area contributed by atoms with Gasteiger partial charge in [0.15, 0.2) is 5.78 Å². The van der Waals surface area contributed by atoms with Crippen molar-refractivity contribution in [3.8, 4) is 0 Å². The van der Waals surface area contributed by atoms with Gasteiger partial charge in [-0.25, -0.2) is 0 Å². The van der Waals surface area contributed by atoms with Crippen molar-refractivity contribution < 1.29 is 14.3 Å². The quantitative estimate of drug-likeness (QED) is 0.820. The zero-order chi connectivity index (χ0) is 19.4. The first-order valence-electron chi connectivity index (χ1n) is 9.30. The number of morpholine rings is 1. The number of hydrogen-bond acceptors (Lipinski definition) is 4. The summed E-state index contributed by atoms with van der Waals surface area (Å²) in [5, 5.41) is 2.99. The molecular weight excluding hydrogens is 340 g/mol. The van der Waals surface area contributed by atoms with E-state index in [1.54, 1.807) is 24.3 Å². The first-order chi connectivity index (χ1) is 12.9. The fourth-order valence-electron chi connectivity index (χ4n) is 3.62. The molecule has 142 valence electrons. The summed E-state index contributed by atoms with van der Waals surface area (Å²) in [6.45, 7) is 6.94. The van der Waals surface area contributed by atoms with E-state index in [9.17, 15) is 9.59 Å². The first-order valence-corrected chi connectivity index (χ1v) is 9.30. The van der Waals surface area contributed by atoms with Crippen LogP contribution < -0.4 is 5.32 Å². The van der Waals surface area contributed by atoms with Crippen LogP contribution >= 0.6 is 0 Å². The third kappa shape index (κ3) is 4.81. The minimum Gasteiger partial charge on any atom is -0.373 e. The maximum atomic E-state index is 13.2. The third-order valence-corrected chi connectivity index (χ3v) is 4.71. The zero-order valence-corrected chi connectivity index (χ0v) is 16.0. The lowest BCUT2D eigenvalue weighted by atomic mass is 10.0. The van der Waals surface area contributed by atoms with Crippen LogP contribution in [-0.4, -0.2) is 41.9 Å². The van der Waals surface area contributed by atoms with Crippen LogP contribution in [0.25, 0.3) is 0 Å². The van der Waals surface area contributed by atoms with Gasteiger partial charge in [0.2, 0.25) is 5.91 Å². The fraction of sp³-hybridized carbons (Fsp3) is 0.364. The van der Waals surface area contributed by atoms with Gasteiger partial charge in [0.25, 0.3) is 0 Å². The molecule has 2 aromatic carbocycles. The number of anilines is 1. The van der Waals surface area contributed by atoms with E-state index >= 15 is 0 Å². The van der Waals surface area contributed by atoms with Crippen LogP contribution in [0.15, 0.2) is 54.6 Å². The van der Waals surface area contributed by atoms with Gasteiger partial charge in [0.05, 0.1) is 12.2 Å². The maximum absolute atomic E-state index is 13.2. The van der Waals surface area contributed by atoms with E-state index in [0.29, 0.717) is 24.3 Å². The Balaban J connectivity index is 1.87. The lowest BCUT2D eigenvalue weighted by Crippen LogP contribution is -2.49. The van der Waals surface area contributed by atoms with Crippen molar-refractivity contribution in [3.63, 3.8) is 0 Å². The molecule has 1 N–H and O–H groups in total. The number of carbonyl (C=O) groups is 2. The van der Waals surface area contributed by atoms with Crippen LogP contribution in [0.5, 0.6) is 0 Å². The van der Waals surface area contributed by atoms with Gasteiger partial charge >= 0.3 is 0 Å². The summed E-state index contributed by atoms with van der Waals surface area (Å²) in [6, 6.07) is 16.4.